The Bertz CT molecular complexity index is 505. The van der Waals surface area contributed by atoms with Crippen molar-refractivity contribution < 1.29 is 8.42 Å². The van der Waals surface area contributed by atoms with E-state index in [-0.39, 0.29) is 0 Å². The largest absolute Gasteiger partial charge is 0.373 e. The first-order valence-electron chi connectivity index (χ1n) is 6.71. The van der Waals surface area contributed by atoms with Crippen molar-refractivity contribution in [3.8, 4) is 0 Å². The van der Waals surface area contributed by atoms with Gasteiger partial charge in [-0.2, -0.15) is 0 Å². The van der Waals surface area contributed by atoms with Gasteiger partial charge in [0.05, 0.1) is 4.90 Å². The van der Waals surface area contributed by atoms with Gasteiger partial charge in [0.25, 0.3) is 0 Å². The van der Waals surface area contributed by atoms with Crippen LogP contribution in [-0.2, 0) is 9.84 Å². The number of piperidine rings is 1. The molecule has 1 unspecified atom stereocenters. The van der Waals surface area contributed by atoms with Gasteiger partial charge in [0.1, 0.15) is 0 Å². The average Bonchev–Trinajstić information content (AvgIpc) is 2.39. The second-order valence-electron chi connectivity index (χ2n) is 5.29. The topological polar surface area (TPSA) is 49.4 Å². The maximum Gasteiger partial charge on any atom is 0.175 e. The number of hydrogen-bond donors (Lipinski definition) is 1. The predicted molar refractivity (Wildman–Crippen MR) is 78.5 cm³/mol. The normalized spacial score (nSPS) is 20.2. The van der Waals surface area contributed by atoms with Crippen LogP contribution in [0.4, 0.5) is 5.69 Å². The third kappa shape index (κ3) is 3.94. The molecule has 0 aliphatic carbocycles. The molecule has 19 heavy (non-hydrogen) atoms. The summed E-state index contributed by atoms with van der Waals surface area (Å²) in [6.45, 7) is 2.06. The van der Waals surface area contributed by atoms with E-state index < -0.39 is 9.84 Å². The summed E-state index contributed by atoms with van der Waals surface area (Å²) in [7, 11) is -1.06. The average molecular weight is 282 g/mol. The zero-order valence-corrected chi connectivity index (χ0v) is 12.4. The summed E-state index contributed by atoms with van der Waals surface area (Å²) >= 11 is 0. The van der Waals surface area contributed by atoms with Gasteiger partial charge in [-0.15, -0.1) is 0 Å². The van der Waals surface area contributed by atoms with Gasteiger partial charge in [-0.25, -0.2) is 8.42 Å². The van der Waals surface area contributed by atoms with E-state index in [1.165, 1.54) is 25.5 Å². The summed E-state index contributed by atoms with van der Waals surface area (Å²) < 4.78 is 22.8. The van der Waals surface area contributed by atoms with Crippen LogP contribution in [0, 0.1) is 0 Å². The minimum absolute atomic E-state index is 0.375. The Balaban J connectivity index is 2.01. The van der Waals surface area contributed by atoms with E-state index in [0.29, 0.717) is 10.9 Å². The number of rotatable bonds is 4. The van der Waals surface area contributed by atoms with Gasteiger partial charge in [-0.3, -0.25) is 0 Å². The van der Waals surface area contributed by atoms with E-state index >= 15 is 0 Å². The number of nitrogens with zero attached hydrogens (tertiary/aromatic N) is 1. The standard InChI is InChI=1S/C14H22N2O2S/c1-16(11-12-5-3-4-10-15-12)13-6-8-14(9-7-13)19(2,17)18/h6-9,12,15H,3-5,10-11H2,1-2H3. The Hall–Kier alpha value is -1.07. The summed E-state index contributed by atoms with van der Waals surface area (Å²) in [5.41, 5.74) is 1.06. The summed E-state index contributed by atoms with van der Waals surface area (Å²) in [6, 6.07) is 7.64. The van der Waals surface area contributed by atoms with Crippen LogP contribution in [0.1, 0.15) is 19.3 Å². The predicted octanol–water partition coefficient (Wildman–Crippen LogP) is 1.67. The molecule has 1 atom stereocenters. The molecule has 1 N–H and O–H groups in total. The van der Waals surface area contributed by atoms with Crippen molar-refractivity contribution >= 4 is 15.5 Å². The second kappa shape index (κ2) is 5.92. The molecule has 106 valence electrons. The van der Waals surface area contributed by atoms with Crippen LogP contribution >= 0.6 is 0 Å². The number of nitrogens with one attached hydrogen (secondary N) is 1. The Morgan fingerprint density at radius 1 is 1.26 bits per heavy atom. The van der Waals surface area contributed by atoms with Gasteiger partial charge < -0.3 is 10.2 Å². The second-order valence-corrected chi connectivity index (χ2v) is 7.31. The first kappa shape index (κ1) is 14.3. The summed E-state index contributed by atoms with van der Waals surface area (Å²) in [6.07, 6.45) is 5.01. The van der Waals surface area contributed by atoms with Gasteiger partial charge in [-0.05, 0) is 43.7 Å². The smallest absolute Gasteiger partial charge is 0.175 e. The van der Waals surface area contributed by atoms with Crippen molar-refractivity contribution in [1.29, 1.82) is 0 Å². The van der Waals surface area contributed by atoms with Crippen molar-refractivity contribution in [1.82, 2.24) is 5.32 Å². The van der Waals surface area contributed by atoms with Crippen LogP contribution in [0.5, 0.6) is 0 Å². The quantitative estimate of drug-likeness (QED) is 0.912. The maximum atomic E-state index is 11.4. The lowest BCUT2D eigenvalue weighted by Crippen LogP contribution is -2.42. The van der Waals surface area contributed by atoms with Crippen molar-refractivity contribution in [2.75, 3.05) is 31.3 Å². The Morgan fingerprint density at radius 3 is 2.47 bits per heavy atom. The van der Waals surface area contributed by atoms with Crippen molar-refractivity contribution in [3.63, 3.8) is 0 Å². The first-order valence-corrected chi connectivity index (χ1v) is 8.60. The summed E-state index contributed by atoms with van der Waals surface area (Å²) in [5, 5.41) is 3.52. The number of hydrogen-bond acceptors (Lipinski definition) is 4. The fourth-order valence-electron chi connectivity index (χ4n) is 2.46. The van der Waals surface area contributed by atoms with E-state index in [9.17, 15) is 8.42 Å². The molecule has 0 radical (unpaired) electrons. The third-order valence-corrected chi connectivity index (χ3v) is 4.74. The van der Waals surface area contributed by atoms with Gasteiger partial charge in [0.2, 0.25) is 0 Å². The molecule has 0 amide bonds. The van der Waals surface area contributed by atoms with E-state index in [1.807, 2.05) is 19.2 Å². The van der Waals surface area contributed by atoms with Gasteiger partial charge in [-0.1, -0.05) is 6.42 Å². The maximum absolute atomic E-state index is 11.4. The highest BCUT2D eigenvalue weighted by Gasteiger charge is 2.15. The van der Waals surface area contributed by atoms with Gasteiger partial charge >= 0.3 is 0 Å². The Morgan fingerprint density at radius 2 is 1.95 bits per heavy atom. The molecular weight excluding hydrogens is 260 g/mol. The van der Waals surface area contributed by atoms with E-state index in [0.717, 1.165) is 18.8 Å². The van der Waals surface area contributed by atoms with Crippen LogP contribution in [0.3, 0.4) is 0 Å². The lowest BCUT2D eigenvalue weighted by Gasteiger charge is -2.29. The molecule has 1 heterocycles. The Labute approximate surface area is 115 Å². The van der Waals surface area contributed by atoms with Gasteiger partial charge in [0.15, 0.2) is 9.84 Å². The summed E-state index contributed by atoms with van der Waals surface area (Å²) in [5.74, 6) is 0. The van der Waals surface area contributed by atoms with Crippen molar-refractivity contribution in [2.45, 2.75) is 30.2 Å². The SMILES string of the molecule is CN(CC1CCCCN1)c1ccc(S(C)(=O)=O)cc1. The molecule has 0 spiro atoms. The van der Waals surface area contributed by atoms with E-state index in [4.69, 9.17) is 0 Å². The summed E-state index contributed by atoms with van der Waals surface area (Å²) in [4.78, 5) is 2.55. The molecule has 1 aromatic carbocycles. The first-order chi connectivity index (χ1) is 8.97. The van der Waals surface area contributed by atoms with Gasteiger partial charge in [0, 0.05) is 31.6 Å². The molecular formula is C14H22N2O2S. The molecule has 0 aromatic heterocycles. The lowest BCUT2D eigenvalue weighted by atomic mass is 10.0. The number of sulfone groups is 1. The number of likely N-dealkylation sites (N-methyl/N-ethyl adjacent to an activating group) is 1. The fourth-order valence-corrected chi connectivity index (χ4v) is 3.09. The number of benzene rings is 1. The van der Waals surface area contributed by atoms with Crippen LogP contribution in [-0.4, -0.2) is 40.9 Å². The molecule has 5 heteroatoms. The fraction of sp³-hybridized carbons (Fsp3) is 0.571. The van der Waals surface area contributed by atoms with Crippen LogP contribution < -0.4 is 10.2 Å². The van der Waals surface area contributed by atoms with Crippen molar-refractivity contribution in [2.24, 2.45) is 0 Å². The molecule has 4 nitrogen and oxygen atoms in total. The number of anilines is 1. The van der Waals surface area contributed by atoms with E-state index in [1.54, 1.807) is 12.1 Å². The molecule has 2 rings (SSSR count). The van der Waals surface area contributed by atoms with Crippen LogP contribution in [0.2, 0.25) is 0 Å². The zero-order chi connectivity index (χ0) is 13.9. The molecule has 1 aliphatic rings. The molecule has 1 aromatic rings. The highest BCUT2D eigenvalue weighted by molar-refractivity contribution is 7.90. The zero-order valence-electron chi connectivity index (χ0n) is 11.6. The van der Waals surface area contributed by atoms with Crippen LogP contribution in [0.25, 0.3) is 0 Å². The minimum Gasteiger partial charge on any atom is -0.373 e. The minimum atomic E-state index is -3.10. The molecule has 1 aliphatic heterocycles. The monoisotopic (exact) mass is 282 g/mol. The highest BCUT2D eigenvalue weighted by atomic mass is 32.2. The van der Waals surface area contributed by atoms with Crippen molar-refractivity contribution in [3.05, 3.63) is 24.3 Å². The van der Waals surface area contributed by atoms with Crippen LogP contribution in [0.15, 0.2) is 29.2 Å². The molecule has 0 bridgehead atoms. The molecule has 0 saturated carbocycles. The molecule has 1 saturated heterocycles. The van der Waals surface area contributed by atoms with E-state index in [2.05, 4.69) is 10.2 Å². The third-order valence-electron chi connectivity index (χ3n) is 3.61. The Kier molecular flexibility index (Phi) is 4.47. The lowest BCUT2D eigenvalue weighted by molar-refractivity contribution is 0.403. The highest BCUT2D eigenvalue weighted by Crippen LogP contribution is 2.18. The molecule has 1 fully saturated rings.